The van der Waals surface area contributed by atoms with Crippen LogP contribution < -0.4 is 4.74 Å². The topological polar surface area (TPSA) is 38.8 Å². The standard InChI is InChI=1S/C18H17Cl2NO3/c19-14-6-7-15(20)16(12-14)24-17(13-4-2-1-3-5-13)18(22)21-8-10-23-11-9-21/h1-7,12,17H,8-11H2/t17-/m1/s1. The number of hydrogen-bond acceptors (Lipinski definition) is 3. The molecule has 6 heteroatoms. The molecule has 126 valence electrons. The molecule has 0 unspecified atom stereocenters. The molecule has 1 aliphatic rings. The van der Waals surface area contributed by atoms with Gasteiger partial charge in [0, 0.05) is 29.7 Å². The lowest BCUT2D eigenvalue weighted by molar-refractivity contribution is -0.143. The molecule has 1 saturated heterocycles. The van der Waals surface area contributed by atoms with Gasteiger partial charge in [0.15, 0.2) is 0 Å². The highest BCUT2D eigenvalue weighted by atomic mass is 35.5. The Morgan fingerprint density at radius 1 is 1.08 bits per heavy atom. The van der Waals surface area contributed by atoms with Gasteiger partial charge < -0.3 is 14.4 Å². The third-order valence-corrected chi connectivity index (χ3v) is 4.33. The van der Waals surface area contributed by atoms with Gasteiger partial charge in [0.25, 0.3) is 5.91 Å². The first-order valence-electron chi connectivity index (χ1n) is 7.68. The van der Waals surface area contributed by atoms with E-state index in [4.69, 9.17) is 32.7 Å². The fraction of sp³-hybridized carbons (Fsp3) is 0.278. The van der Waals surface area contributed by atoms with E-state index >= 15 is 0 Å². The van der Waals surface area contributed by atoms with Crippen LogP contribution in [0.1, 0.15) is 11.7 Å². The lowest BCUT2D eigenvalue weighted by Crippen LogP contribution is -2.44. The quantitative estimate of drug-likeness (QED) is 0.822. The molecule has 0 spiro atoms. The number of halogens is 2. The highest BCUT2D eigenvalue weighted by Gasteiger charge is 2.29. The number of rotatable bonds is 4. The van der Waals surface area contributed by atoms with E-state index in [0.29, 0.717) is 42.1 Å². The van der Waals surface area contributed by atoms with Crippen LogP contribution in [-0.2, 0) is 9.53 Å². The molecular formula is C18H17Cl2NO3. The average Bonchev–Trinajstić information content (AvgIpc) is 2.63. The van der Waals surface area contributed by atoms with E-state index in [-0.39, 0.29) is 5.91 Å². The minimum atomic E-state index is -0.778. The van der Waals surface area contributed by atoms with Crippen molar-refractivity contribution >= 4 is 29.1 Å². The zero-order valence-corrected chi connectivity index (χ0v) is 14.5. The van der Waals surface area contributed by atoms with Gasteiger partial charge in [0.05, 0.1) is 18.2 Å². The summed E-state index contributed by atoms with van der Waals surface area (Å²) in [6, 6.07) is 14.3. The molecule has 0 aliphatic carbocycles. The zero-order chi connectivity index (χ0) is 16.9. The van der Waals surface area contributed by atoms with E-state index in [2.05, 4.69) is 0 Å². The summed E-state index contributed by atoms with van der Waals surface area (Å²) in [7, 11) is 0. The van der Waals surface area contributed by atoms with E-state index in [9.17, 15) is 4.79 Å². The second-order valence-corrected chi connectivity index (χ2v) is 6.26. The third kappa shape index (κ3) is 4.01. The van der Waals surface area contributed by atoms with Crippen LogP contribution in [0.25, 0.3) is 0 Å². The lowest BCUT2D eigenvalue weighted by atomic mass is 10.1. The minimum Gasteiger partial charge on any atom is -0.474 e. The van der Waals surface area contributed by atoms with Gasteiger partial charge in [-0.15, -0.1) is 0 Å². The first-order valence-corrected chi connectivity index (χ1v) is 8.44. The smallest absolute Gasteiger partial charge is 0.268 e. The molecule has 4 nitrogen and oxygen atoms in total. The zero-order valence-electron chi connectivity index (χ0n) is 13.0. The summed E-state index contributed by atoms with van der Waals surface area (Å²) in [5, 5.41) is 0.912. The molecule has 0 radical (unpaired) electrons. The lowest BCUT2D eigenvalue weighted by Gasteiger charge is -2.30. The molecule has 1 atom stereocenters. The molecule has 1 aliphatic heterocycles. The van der Waals surface area contributed by atoms with Crippen LogP contribution in [0.3, 0.4) is 0 Å². The summed E-state index contributed by atoms with van der Waals surface area (Å²) in [5.74, 6) is 0.278. The molecule has 1 amide bonds. The van der Waals surface area contributed by atoms with Crippen LogP contribution in [0.5, 0.6) is 5.75 Å². The van der Waals surface area contributed by atoms with Crippen LogP contribution in [0.2, 0.25) is 10.0 Å². The normalized spacial score (nSPS) is 15.8. The number of amides is 1. The predicted octanol–water partition coefficient (Wildman–Crippen LogP) is 3.97. The Kier molecular flexibility index (Phi) is 5.61. The minimum absolute atomic E-state index is 0.111. The maximum atomic E-state index is 13.0. The van der Waals surface area contributed by atoms with Gasteiger partial charge >= 0.3 is 0 Å². The average molecular weight is 366 g/mol. The SMILES string of the molecule is O=C([C@H](Oc1cc(Cl)ccc1Cl)c1ccccc1)N1CCOCC1. The number of carbonyl (C=O) groups excluding carboxylic acids is 1. The molecule has 1 fully saturated rings. The maximum Gasteiger partial charge on any atom is 0.268 e. The van der Waals surface area contributed by atoms with Crippen molar-refractivity contribution < 1.29 is 14.3 Å². The molecule has 1 heterocycles. The van der Waals surface area contributed by atoms with Crippen molar-refractivity contribution in [2.45, 2.75) is 6.10 Å². The van der Waals surface area contributed by atoms with Gasteiger partial charge in [-0.2, -0.15) is 0 Å². The fourth-order valence-electron chi connectivity index (χ4n) is 2.53. The first-order chi connectivity index (χ1) is 11.6. The summed E-state index contributed by atoms with van der Waals surface area (Å²) in [6.45, 7) is 2.17. The van der Waals surface area contributed by atoms with Crippen LogP contribution in [0, 0.1) is 0 Å². The van der Waals surface area contributed by atoms with Crippen LogP contribution >= 0.6 is 23.2 Å². The van der Waals surface area contributed by atoms with E-state index in [0.717, 1.165) is 5.56 Å². The van der Waals surface area contributed by atoms with Gasteiger partial charge in [-0.1, -0.05) is 53.5 Å². The summed E-state index contributed by atoms with van der Waals surface area (Å²) in [5.41, 5.74) is 0.769. The number of hydrogen-bond donors (Lipinski definition) is 0. The molecule has 0 aromatic heterocycles. The first kappa shape index (κ1) is 17.1. The van der Waals surface area contributed by atoms with Gasteiger partial charge in [-0.25, -0.2) is 0 Å². The van der Waals surface area contributed by atoms with Crippen molar-refractivity contribution in [3.05, 3.63) is 64.1 Å². The number of benzene rings is 2. The maximum absolute atomic E-state index is 13.0. The molecule has 2 aromatic rings. The van der Waals surface area contributed by atoms with E-state index < -0.39 is 6.10 Å². The molecule has 3 rings (SSSR count). The van der Waals surface area contributed by atoms with Gasteiger partial charge in [-0.05, 0) is 12.1 Å². The van der Waals surface area contributed by atoms with Crippen molar-refractivity contribution in [3.63, 3.8) is 0 Å². The Balaban J connectivity index is 1.90. The molecule has 24 heavy (non-hydrogen) atoms. The highest BCUT2D eigenvalue weighted by molar-refractivity contribution is 6.34. The molecule has 2 aromatic carbocycles. The second kappa shape index (κ2) is 7.88. The Hall–Kier alpha value is -1.75. The summed E-state index contributed by atoms with van der Waals surface area (Å²) >= 11 is 12.2. The molecule has 0 saturated carbocycles. The second-order valence-electron chi connectivity index (χ2n) is 5.42. The summed E-state index contributed by atoms with van der Waals surface area (Å²) in [6.07, 6.45) is -0.778. The van der Waals surface area contributed by atoms with Gasteiger partial charge in [0.2, 0.25) is 6.10 Å². The largest absolute Gasteiger partial charge is 0.474 e. The van der Waals surface area contributed by atoms with Crippen molar-refractivity contribution in [2.75, 3.05) is 26.3 Å². The summed E-state index contributed by atoms with van der Waals surface area (Å²) in [4.78, 5) is 14.7. The van der Waals surface area contributed by atoms with Crippen molar-refractivity contribution in [3.8, 4) is 5.75 Å². The Bertz CT molecular complexity index is 703. The van der Waals surface area contributed by atoms with Crippen molar-refractivity contribution in [1.29, 1.82) is 0 Å². The summed E-state index contributed by atoms with van der Waals surface area (Å²) < 4.78 is 11.3. The monoisotopic (exact) mass is 365 g/mol. The van der Waals surface area contributed by atoms with Crippen molar-refractivity contribution in [1.82, 2.24) is 4.90 Å². The highest BCUT2D eigenvalue weighted by Crippen LogP contribution is 2.32. The van der Waals surface area contributed by atoms with E-state index in [1.54, 1.807) is 23.1 Å². The number of nitrogens with zero attached hydrogens (tertiary/aromatic N) is 1. The van der Waals surface area contributed by atoms with Crippen LogP contribution in [0.4, 0.5) is 0 Å². The Morgan fingerprint density at radius 3 is 2.50 bits per heavy atom. The number of carbonyl (C=O) groups is 1. The van der Waals surface area contributed by atoms with Crippen LogP contribution in [0.15, 0.2) is 48.5 Å². The third-order valence-electron chi connectivity index (χ3n) is 3.79. The van der Waals surface area contributed by atoms with Crippen LogP contribution in [-0.4, -0.2) is 37.1 Å². The van der Waals surface area contributed by atoms with Gasteiger partial charge in [-0.3, -0.25) is 4.79 Å². The van der Waals surface area contributed by atoms with Crippen molar-refractivity contribution in [2.24, 2.45) is 0 Å². The van der Waals surface area contributed by atoms with Gasteiger partial charge in [0.1, 0.15) is 5.75 Å². The Labute approximate surface area is 150 Å². The fourth-order valence-corrected chi connectivity index (χ4v) is 2.86. The number of morpholine rings is 1. The molecular weight excluding hydrogens is 349 g/mol. The van der Waals surface area contributed by atoms with E-state index in [1.165, 1.54) is 0 Å². The predicted molar refractivity (Wildman–Crippen MR) is 93.7 cm³/mol. The number of ether oxygens (including phenoxy) is 2. The van der Waals surface area contributed by atoms with E-state index in [1.807, 2.05) is 30.3 Å². The molecule has 0 bridgehead atoms. The molecule has 0 N–H and O–H groups in total. The Morgan fingerprint density at radius 2 is 1.79 bits per heavy atom.